The number of ether oxygens (including phenoxy) is 1. The Morgan fingerprint density at radius 1 is 1.07 bits per heavy atom. The minimum atomic E-state index is -0.354. The van der Waals surface area contributed by atoms with E-state index in [0.717, 1.165) is 17.0 Å². The number of rotatable bonds is 8. The van der Waals surface area contributed by atoms with Crippen LogP contribution in [0.25, 0.3) is 0 Å². The summed E-state index contributed by atoms with van der Waals surface area (Å²) in [5.41, 5.74) is 2.44. The minimum absolute atomic E-state index is 0.0582. The number of benzene rings is 2. The molecule has 0 fully saturated rings. The lowest BCUT2D eigenvalue weighted by atomic mass is 10.2. The summed E-state index contributed by atoms with van der Waals surface area (Å²) in [6, 6.07) is 16.4. The Morgan fingerprint density at radius 2 is 1.90 bits per heavy atom. The van der Waals surface area contributed by atoms with Gasteiger partial charge in [0.1, 0.15) is 5.75 Å². The van der Waals surface area contributed by atoms with Crippen molar-refractivity contribution in [2.75, 3.05) is 17.7 Å². The van der Waals surface area contributed by atoms with Crippen LogP contribution in [-0.2, 0) is 17.8 Å². The van der Waals surface area contributed by atoms with E-state index in [9.17, 15) is 9.59 Å². The summed E-state index contributed by atoms with van der Waals surface area (Å²) in [5.74, 6) is 0.702. The van der Waals surface area contributed by atoms with Gasteiger partial charge in [-0.1, -0.05) is 30.3 Å². The minimum Gasteiger partial charge on any atom is -0.497 e. The number of nitrogens with zero attached hydrogens (tertiary/aromatic N) is 1. The van der Waals surface area contributed by atoms with Crippen molar-refractivity contribution in [1.29, 1.82) is 0 Å². The number of hydrogen-bond acceptors (Lipinski definition) is 5. The molecule has 0 bridgehead atoms. The third kappa shape index (κ3) is 6.62. The molecule has 3 N–H and O–H groups in total. The molecule has 3 aromatic rings. The van der Waals surface area contributed by atoms with E-state index in [1.165, 1.54) is 11.3 Å². The lowest BCUT2D eigenvalue weighted by molar-refractivity contribution is -0.121. The van der Waals surface area contributed by atoms with Gasteiger partial charge in [0, 0.05) is 24.0 Å². The lowest BCUT2D eigenvalue weighted by Gasteiger charge is -2.06. The monoisotopic (exact) mass is 410 g/mol. The number of para-hydroxylation sites is 1. The van der Waals surface area contributed by atoms with Gasteiger partial charge in [-0.05, 0) is 36.2 Å². The van der Waals surface area contributed by atoms with Crippen LogP contribution in [0.5, 0.6) is 5.75 Å². The molecule has 29 heavy (non-hydrogen) atoms. The molecule has 0 spiro atoms. The van der Waals surface area contributed by atoms with Crippen LogP contribution in [0.3, 0.4) is 0 Å². The summed E-state index contributed by atoms with van der Waals surface area (Å²) < 4.78 is 5.18. The molecule has 1 aromatic heterocycles. The second-order valence-electron chi connectivity index (χ2n) is 6.22. The summed E-state index contributed by atoms with van der Waals surface area (Å²) in [7, 11) is 1.61. The quantitative estimate of drug-likeness (QED) is 0.522. The molecule has 0 radical (unpaired) electrons. The summed E-state index contributed by atoms with van der Waals surface area (Å²) in [5, 5.41) is 10.7. The highest BCUT2D eigenvalue weighted by Crippen LogP contribution is 2.17. The first-order valence-electron chi connectivity index (χ1n) is 9.09. The highest BCUT2D eigenvalue weighted by Gasteiger charge is 2.09. The van der Waals surface area contributed by atoms with Crippen molar-refractivity contribution in [2.24, 2.45) is 0 Å². The number of anilines is 2. The SMILES string of the molecule is COc1cccc(CNC(=O)CCc2csc(NC(=O)Nc3ccccc3)n2)c1. The second-order valence-corrected chi connectivity index (χ2v) is 7.08. The molecule has 150 valence electrons. The van der Waals surface area contributed by atoms with E-state index in [1.807, 2.05) is 47.8 Å². The maximum absolute atomic E-state index is 12.1. The number of thiazole rings is 1. The van der Waals surface area contributed by atoms with Crippen LogP contribution in [0, 0.1) is 0 Å². The van der Waals surface area contributed by atoms with Crippen molar-refractivity contribution in [3.05, 3.63) is 71.2 Å². The Kier molecular flexibility index (Phi) is 7.18. The molecule has 0 aliphatic rings. The molecule has 0 unspecified atom stereocenters. The van der Waals surface area contributed by atoms with Crippen molar-refractivity contribution >= 4 is 34.1 Å². The van der Waals surface area contributed by atoms with Crippen molar-refractivity contribution in [2.45, 2.75) is 19.4 Å². The van der Waals surface area contributed by atoms with Crippen LogP contribution >= 0.6 is 11.3 Å². The zero-order valence-corrected chi connectivity index (χ0v) is 16.8. The number of nitrogens with one attached hydrogen (secondary N) is 3. The van der Waals surface area contributed by atoms with Gasteiger partial charge in [0.2, 0.25) is 5.91 Å². The largest absolute Gasteiger partial charge is 0.497 e. The van der Waals surface area contributed by atoms with Gasteiger partial charge in [-0.25, -0.2) is 9.78 Å². The molecule has 0 aliphatic heterocycles. The molecule has 0 aliphatic carbocycles. The molecule has 0 saturated heterocycles. The third-order valence-electron chi connectivity index (χ3n) is 4.04. The van der Waals surface area contributed by atoms with Crippen molar-refractivity contribution in [3.8, 4) is 5.75 Å². The number of amides is 3. The fourth-order valence-corrected chi connectivity index (χ4v) is 3.31. The van der Waals surface area contributed by atoms with Crippen LogP contribution in [0.1, 0.15) is 17.7 Å². The standard InChI is InChI=1S/C21H22N4O3S/c1-28-18-9-5-6-15(12-18)13-22-19(26)11-10-17-14-29-21(24-17)25-20(27)23-16-7-3-2-4-8-16/h2-9,12,14H,10-11,13H2,1H3,(H,22,26)(H2,23,24,25,27). The van der Waals surface area contributed by atoms with E-state index < -0.39 is 0 Å². The molecule has 7 nitrogen and oxygen atoms in total. The van der Waals surface area contributed by atoms with Crippen molar-refractivity contribution in [3.63, 3.8) is 0 Å². The maximum Gasteiger partial charge on any atom is 0.325 e. The Balaban J connectivity index is 1.41. The number of urea groups is 1. The van der Waals surface area contributed by atoms with Crippen LogP contribution < -0.4 is 20.7 Å². The molecule has 3 rings (SSSR count). The first-order chi connectivity index (χ1) is 14.1. The highest BCUT2D eigenvalue weighted by atomic mass is 32.1. The summed E-state index contributed by atoms with van der Waals surface area (Å²) in [4.78, 5) is 28.4. The summed E-state index contributed by atoms with van der Waals surface area (Å²) in [6.07, 6.45) is 0.825. The Bertz CT molecular complexity index is 959. The predicted molar refractivity (Wildman–Crippen MR) is 114 cm³/mol. The molecule has 3 amide bonds. The van der Waals surface area contributed by atoms with E-state index in [4.69, 9.17) is 4.74 Å². The first-order valence-corrected chi connectivity index (χ1v) is 9.97. The number of aryl methyl sites for hydroxylation is 1. The average Bonchev–Trinajstić information content (AvgIpc) is 3.18. The van der Waals surface area contributed by atoms with E-state index in [-0.39, 0.29) is 11.9 Å². The molecule has 1 heterocycles. The second kappa shape index (κ2) is 10.2. The Hall–Kier alpha value is -3.39. The molecule has 2 aromatic carbocycles. The fraction of sp³-hybridized carbons (Fsp3) is 0.190. The summed E-state index contributed by atoms with van der Waals surface area (Å²) in [6.45, 7) is 0.444. The van der Waals surface area contributed by atoms with E-state index >= 15 is 0 Å². The van der Waals surface area contributed by atoms with Gasteiger partial charge in [0.25, 0.3) is 0 Å². The number of hydrogen-bond donors (Lipinski definition) is 3. The maximum atomic E-state index is 12.1. The van der Waals surface area contributed by atoms with Crippen LogP contribution in [0.4, 0.5) is 15.6 Å². The van der Waals surface area contributed by atoms with Gasteiger partial charge >= 0.3 is 6.03 Å². The fourth-order valence-electron chi connectivity index (χ4n) is 2.57. The van der Waals surface area contributed by atoms with E-state index in [0.29, 0.717) is 30.2 Å². The Morgan fingerprint density at radius 3 is 2.69 bits per heavy atom. The predicted octanol–water partition coefficient (Wildman–Crippen LogP) is 4.04. The molecule has 0 saturated carbocycles. The number of carbonyl (C=O) groups is 2. The molecular formula is C21H22N4O3S. The van der Waals surface area contributed by atoms with Crippen LogP contribution in [-0.4, -0.2) is 24.0 Å². The van der Waals surface area contributed by atoms with Crippen molar-refractivity contribution < 1.29 is 14.3 Å². The van der Waals surface area contributed by atoms with Gasteiger partial charge in [-0.15, -0.1) is 11.3 Å². The van der Waals surface area contributed by atoms with E-state index in [1.54, 1.807) is 19.2 Å². The third-order valence-corrected chi connectivity index (χ3v) is 4.84. The van der Waals surface area contributed by atoms with E-state index in [2.05, 4.69) is 20.9 Å². The van der Waals surface area contributed by atoms with Gasteiger partial charge in [-0.3, -0.25) is 10.1 Å². The van der Waals surface area contributed by atoms with Gasteiger partial charge in [0.05, 0.1) is 12.8 Å². The first kappa shape index (κ1) is 20.3. The Labute approximate surface area is 173 Å². The van der Waals surface area contributed by atoms with Gasteiger partial charge in [0.15, 0.2) is 5.13 Å². The normalized spacial score (nSPS) is 10.2. The van der Waals surface area contributed by atoms with Crippen LogP contribution in [0.2, 0.25) is 0 Å². The number of methoxy groups -OCH3 is 1. The topological polar surface area (TPSA) is 92.4 Å². The highest BCUT2D eigenvalue weighted by molar-refractivity contribution is 7.13. The summed E-state index contributed by atoms with van der Waals surface area (Å²) >= 11 is 1.33. The lowest BCUT2D eigenvalue weighted by Crippen LogP contribution is -2.23. The zero-order valence-electron chi connectivity index (χ0n) is 16.0. The average molecular weight is 410 g/mol. The van der Waals surface area contributed by atoms with Crippen molar-refractivity contribution in [1.82, 2.24) is 10.3 Å². The van der Waals surface area contributed by atoms with Crippen LogP contribution in [0.15, 0.2) is 60.0 Å². The molecule has 8 heteroatoms. The molecular weight excluding hydrogens is 388 g/mol. The number of aromatic nitrogens is 1. The smallest absolute Gasteiger partial charge is 0.325 e. The zero-order chi connectivity index (χ0) is 20.5. The number of carbonyl (C=O) groups excluding carboxylic acids is 2. The molecule has 0 atom stereocenters. The van der Waals surface area contributed by atoms with Gasteiger partial charge in [-0.2, -0.15) is 0 Å². The van der Waals surface area contributed by atoms with Gasteiger partial charge < -0.3 is 15.4 Å².